The fraction of sp³-hybridized carbons (Fsp3) is 0.222. The molecule has 74 valence electrons. The maximum Gasteiger partial charge on any atom is 0.124 e. The van der Waals surface area contributed by atoms with Crippen LogP contribution in [0.1, 0.15) is 18.8 Å². The van der Waals surface area contributed by atoms with Gasteiger partial charge < -0.3 is 10.7 Å². The molecule has 1 aromatic heterocycles. The van der Waals surface area contributed by atoms with Gasteiger partial charge in [-0.05, 0) is 35.0 Å². The Morgan fingerprint density at radius 2 is 2.29 bits per heavy atom. The summed E-state index contributed by atoms with van der Waals surface area (Å²) in [6, 6.07) is 3.57. The highest BCUT2D eigenvalue weighted by molar-refractivity contribution is 9.10. The van der Waals surface area contributed by atoms with Crippen LogP contribution in [0.15, 0.2) is 16.6 Å². The van der Waals surface area contributed by atoms with Crippen LogP contribution in [0.3, 0.4) is 0 Å². The Bertz CT molecular complexity index is 439. The number of nitrogens with zero attached hydrogens (tertiary/aromatic N) is 1. The predicted molar refractivity (Wildman–Crippen MR) is 61.4 cm³/mol. The summed E-state index contributed by atoms with van der Waals surface area (Å²) in [5, 5.41) is 0.631. The number of imidazole rings is 1. The molecule has 0 spiro atoms. The number of fused-ring (bicyclic) bond motifs is 1. The van der Waals surface area contributed by atoms with Crippen LogP contribution in [0.2, 0.25) is 5.02 Å². The van der Waals surface area contributed by atoms with E-state index in [9.17, 15) is 0 Å². The molecule has 0 fully saturated rings. The number of halogens is 2. The Labute approximate surface area is 94.8 Å². The normalized spacial score (nSPS) is 13.4. The minimum atomic E-state index is -0.120. The largest absolute Gasteiger partial charge is 0.340 e. The van der Waals surface area contributed by atoms with E-state index in [1.165, 1.54) is 0 Å². The number of hydrogen-bond donors (Lipinski definition) is 2. The molecule has 0 saturated heterocycles. The van der Waals surface area contributed by atoms with Crippen LogP contribution in [-0.2, 0) is 0 Å². The summed E-state index contributed by atoms with van der Waals surface area (Å²) in [6.45, 7) is 1.87. The second-order valence-corrected chi connectivity index (χ2v) is 4.43. The molecule has 0 aliphatic rings. The summed E-state index contributed by atoms with van der Waals surface area (Å²) in [5.41, 5.74) is 7.38. The average Bonchev–Trinajstić information content (AvgIpc) is 2.57. The zero-order valence-corrected chi connectivity index (χ0v) is 9.85. The number of hydrogen-bond acceptors (Lipinski definition) is 2. The molecule has 2 rings (SSSR count). The summed E-state index contributed by atoms with van der Waals surface area (Å²) in [5.74, 6) is 0.744. The van der Waals surface area contributed by atoms with Crippen LogP contribution < -0.4 is 5.73 Å². The second-order valence-electron chi connectivity index (χ2n) is 3.16. The summed E-state index contributed by atoms with van der Waals surface area (Å²) in [7, 11) is 0. The van der Waals surface area contributed by atoms with Gasteiger partial charge in [-0.15, -0.1) is 0 Å². The van der Waals surface area contributed by atoms with Crippen LogP contribution in [0.25, 0.3) is 11.0 Å². The zero-order chi connectivity index (χ0) is 10.3. The van der Waals surface area contributed by atoms with E-state index in [1.54, 1.807) is 6.07 Å². The molecule has 3 N–H and O–H groups in total. The Morgan fingerprint density at radius 1 is 1.57 bits per heavy atom. The second kappa shape index (κ2) is 3.53. The molecule has 0 bridgehead atoms. The van der Waals surface area contributed by atoms with Gasteiger partial charge in [0.2, 0.25) is 0 Å². The van der Waals surface area contributed by atoms with E-state index in [2.05, 4.69) is 25.9 Å². The highest BCUT2D eigenvalue weighted by Gasteiger charge is 2.11. The van der Waals surface area contributed by atoms with Crippen molar-refractivity contribution >= 4 is 38.6 Å². The Hall–Kier alpha value is -0.580. The van der Waals surface area contributed by atoms with E-state index in [0.717, 1.165) is 21.3 Å². The van der Waals surface area contributed by atoms with E-state index in [-0.39, 0.29) is 6.04 Å². The van der Waals surface area contributed by atoms with E-state index in [4.69, 9.17) is 17.3 Å². The van der Waals surface area contributed by atoms with E-state index in [1.807, 2.05) is 13.0 Å². The quantitative estimate of drug-likeness (QED) is 0.840. The van der Waals surface area contributed by atoms with Crippen LogP contribution in [0.4, 0.5) is 0 Å². The zero-order valence-electron chi connectivity index (χ0n) is 7.51. The molecule has 0 aliphatic carbocycles. The Balaban J connectivity index is 2.75. The van der Waals surface area contributed by atoms with Crippen LogP contribution in [0.5, 0.6) is 0 Å². The number of nitrogens with two attached hydrogens (primary N) is 1. The van der Waals surface area contributed by atoms with Gasteiger partial charge in [-0.1, -0.05) is 11.6 Å². The lowest BCUT2D eigenvalue weighted by Crippen LogP contribution is -2.06. The van der Waals surface area contributed by atoms with E-state index < -0.39 is 0 Å². The van der Waals surface area contributed by atoms with Gasteiger partial charge in [-0.2, -0.15) is 0 Å². The lowest BCUT2D eigenvalue weighted by Gasteiger charge is -1.96. The van der Waals surface area contributed by atoms with Gasteiger partial charge in [0, 0.05) is 4.47 Å². The fourth-order valence-corrected chi connectivity index (χ4v) is 1.88. The van der Waals surface area contributed by atoms with Gasteiger partial charge in [0.05, 0.1) is 16.6 Å². The van der Waals surface area contributed by atoms with Crippen molar-refractivity contribution in [1.82, 2.24) is 9.97 Å². The van der Waals surface area contributed by atoms with Crippen LogP contribution in [-0.4, -0.2) is 9.97 Å². The molecule has 0 aliphatic heterocycles. The molecule has 0 amide bonds. The molecule has 14 heavy (non-hydrogen) atoms. The molecule has 1 atom stereocenters. The number of nitrogens with one attached hydrogen (secondary N) is 1. The Morgan fingerprint density at radius 3 is 2.86 bits per heavy atom. The van der Waals surface area contributed by atoms with Gasteiger partial charge >= 0.3 is 0 Å². The maximum absolute atomic E-state index is 6.00. The molecule has 0 saturated carbocycles. The summed E-state index contributed by atoms with van der Waals surface area (Å²) < 4.78 is 0.941. The maximum atomic E-state index is 6.00. The first-order valence-corrected chi connectivity index (χ1v) is 5.36. The van der Waals surface area contributed by atoms with Crippen molar-refractivity contribution in [2.75, 3.05) is 0 Å². The smallest absolute Gasteiger partial charge is 0.124 e. The minimum absolute atomic E-state index is 0.120. The van der Waals surface area contributed by atoms with Gasteiger partial charge in [0.1, 0.15) is 11.3 Å². The number of aromatic nitrogens is 2. The molecule has 0 radical (unpaired) electrons. The summed E-state index contributed by atoms with van der Waals surface area (Å²) in [6.07, 6.45) is 0. The highest BCUT2D eigenvalue weighted by atomic mass is 79.9. The molecule has 3 nitrogen and oxygen atoms in total. The average molecular weight is 275 g/mol. The van der Waals surface area contributed by atoms with Gasteiger partial charge in [-0.3, -0.25) is 0 Å². The third kappa shape index (κ3) is 1.54. The van der Waals surface area contributed by atoms with E-state index >= 15 is 0 Å². The van der Waals surface area contributed by atoms with Crippen molar-refractivity contribution in [3.8, 4) is 0 Å². The molecule has 1 heterocycles. The fourth-order valence-electron chi connectivity index (χ4n) is 1.26. The van der Waals surface area contributed by atoms with Crippen LogP contribution in [0, 0.1) is 0 Å². The standard InChI is InChI=1S/C9H9BrClN3/c1-4(12)9-13-7-5(10)2-3-6(11)8(7)14-9/h2-4H,12H2,1H3,(H,13,14). The molecule has 2 aromatic rings. The SMILES string of the molecule is CC(N)c1nc2c(Cl)ccc(Br)c2[nH]1. The predicted octanol–water partition coefficient (Wildman–Crippen LogP) is 3.00. The van der Waals surface area contributed by atoms with Crippen molar-refractivity contribution in [3.63, 3.8) is 0 Å². The van der Waals surface area contributed by atoms with Gasteiger partial charge in [0.15, 0.2) is 0 Å². The number of rotatable bonds is 1. The van der Waals surface area contributed by atoms with Gasteiger partial charge in [-0.25, -0.2) is 4.98 Å². The van der Waals surface area contributed by atoms with Crippen molar-refractivity contribution < 1.29 is 0 Å². The van der Waals surface area contributed by atoms with Crippen LogP contribution >= 0.6 is 27.5 Å². The number of H-pyrrole nitrogens is 1. The molecule has 5 heteroatoms. The van der Waals surface area contributed by atoms with Crippen molar-refractivity contribution in [1.29, 1.82) is 0 Å². The number of benzene rings is 1. The topological polar surface area (TPSA) is 54.7 Å². The number of aromatic amines is 1. The summed E-state index contributed by atoms with van der Waals surface area (Å²) >= 11 is 9.43. The minimum Gasteiger partial charge on any atom is -0.340 e. The van der Waals surface area contributed by atoms with Crippen molar-refractivity contribution in [3.05, 3.63) is 27.5 Å². The Kier molecular flexibility index (Phi) is 2.51. The molecular formula is C9H9BrClN3. The molecular weight excluding hydrogens is 265 g/mol. The van der Waals surface area contributed by atoms with Gasteiger partial charge in [0.25, 0.3) is 0 Å². The van der Waals surface area contributed by atoms with Crippen molar-refractivity contribution in [2.45, 2.75) is 13.0 Å². The van der Waals surface area contributed by atoms with E-state index in [0.29, 0.717) is 5.02 Å². The monoisotopic (exact) mass is 273 g/mol. The lowest BCUT2D eigenvalue weighted by atomic mass is 10.3. The molecule has 1 unspecified atom stereocenters. The third-order valence-corrected chi connectivity index (χ3v) is 2.96. The first kappa shape index (κ1) is 9.96. The van der Waals surface area contributed by atoms with Crippen molar-refractivity contribution in [2.24, 2.45) is 5.73 Å². The lowest BCUT2D eigenvalue weighted by molar-refractivity contribution is 0.760. The molecule has 1 aromatic carbocycles. The summed E-state index contributed by atoms with van der Waals surface area (Å²) in [4.78, 5) is 7.47. The highest BCUT2D eigenvalue weighted by Crippen LogP contribution is 2.28. The first-order chi connectivity index (χ1) is 6.59. The third-order valence-electron chi connectivity index (χ3n) is 1.99. The first-order valence-electron chi connectivity index (χ1n) is 4.19.